The molecule has 0 aliphatic carbocycles. The molecule has 1 saturated heterocycles. The molecule has 0 unspecified atom stereocenters. The van der Waals surface area contributed by atoms with Crippen molar-refractivity contribution in [2.75, 3.05) is 20.1 Å². The van der Waals surface area contributed by atoms with Crippen LogP contribution in [0.5, 0.6) is 0 Å². The van der Waals surface area contributed by atoms with Crippen LogP contribution in [0.4, 0.5) is 0 Å². The van der Waals surface area contributed by atoms with E-state index >= 15 is 0 Å². The first-order valence-corrected chi connectivity index (χ1v) is 9.69. The van der Waals surface area contributed by atoms with Crippen molar-refractivity contribution in [1.82, 2.24) is 14.8 Å². The summed E-state index contributed by atoms with van der Waals surface area (Å²) in [6.45, 7) is 3.98. The molecule has 25 heavy (non-hydrogen) atoms. The van der Waals surface area contributed by atoms with E-state index in [1.54, 1.807) is 16.2 Å². The standard InChI is InChI=1S/C20H23N3OS/c1-22(20(24)18-12-19-17(21-18)8-11-25-19)13-15-6-2-3-7-16(15)14-23-9-4-5-10-23/h2-3,6-8,11-12,21H,4-5,9-10,13-14H2,1H3. The predicted molar refractivity (Wildman–Crippen MR) is 103 cm³/mol. The van der Waals surface area contributed by atoms with Crippen molar-refractivity contribution in [2.24, 2.45) is 0 Å². The molecule has 130 valence electrons. The molecule has 1 aromatic carbocycles. The summed E-state index contributed by atoms with van der Waals surface area (Å²) in [5, 5.41) is 2.04. The highest BCUT2D eigenvalue weighted by atomic mass is 32.1. The first-order chi connectivity index (χ1) is 12.2. The molecule has 3 aromatic rings. The van der Waals surface area contributed by atoms with Crippen LogP contribution in [0.1, 0.15) is 34.5 Å². The van der Waals surface area contributed by atoms with Crippen molar-refractivity contribution in [3.63, 3.8) is 0 Å². The summed E-state index contributed by atoms with van der Waals surface area (Å²) < 4.78 is 1.13. The van der Waals surface area contributed by atoms with Gasteiger partial charge in [-0.05, 0) is 54.6 Å². The summed E-state index contributed by atoms with van der Waals surface area (Å²) in [4.78, 5) is 20.3. The lowest BCUT2D eigenvalue weighted by Gasteiger charge is -2.21. The minimum Gasteiger partial charge on any atom is -0.350 e. The molecule has 1 fully saturated rings. The van der Waals surface area contributed by atoms with Gasteiger partial charge in [0.1, 0.15) is 5.69 Å². The number of aromatic nitrogens is 1. The number of amides is 1. The number of nitrogens with zero attached hydrogens (tertiary/aromatic N) is 2. The van der Waals surface area contributed by atoms with Crippen LogP contribution >= 0.6 is 11.3 Å². The Morgan fingerprint density at radius 1 is 1.20 bits per heavy atom. The van der Waals surface area contributed by atoms with Crippen LogP contribution in [0.3, 0.4) is 0 Å². The molecule has 4 nitrogen and oxygen atoms in total. The van der Waals surface area contributed by atoms with Gasteiger partial charge in [-0.3, -0.25) is 9.69 Å². The second-order valence-corrected chi connectivity index (χ2v) is 7.74. The molecule has 0 bridgehead atoms. The summed E-state index contributed by atoms with van der Waals surface area (Å²) in [5.41, 5.74) is 4.27. The van der Waals surface area contributed by atoms with Gasteiger partial charge in [-0.1, -0.05) is 24.3 Å². The van der Waals surface area contributed by atoms with Gasteiger partial charge in [0.05, 0.1) is 10.2 Å². The molecule has 1 N–H and O–H groups in total. The average molecular weight is 353 g/mol. The van der Waals surface area contributed by atoms with Gasteiger partial charge in [-0.2, -0.15) is 0 Å². The number of likely N-dealkylation sites (tertiary alicyclic amines) is 1. The van der Waals surface area contributed by atoms with Gasteiger partial charge in [0.15, 0.2) is 0 Å². The molecule has 3 heterocycles. The SMILES string of the molecule is CN(Cc1ccccc1CN1CCCC1)C(=O)c1cc2sccc2[nH]1. The minimum atomic E-state index is 0.0411. The molecular weight excluding hydrogens is 330 g/mol. The molecule has 0 radical (unpaired) electrons. The van der Waals surface area contributed by atoms with E-state index in [-0.39, 0.29) is 5.91 Å². The van der Waals surface area contributed by atoms with E-state index in [0.29, 0.717) is 12.2 Å². The molecule has 4 rings (SSSR count). The van der Waals surface area contributed by atoms with E-state index in [2.05, 4.69) is 34.1 Å². The fourth-order valence-electron chi connectivity index (χ4n) is 3.54. The summed E-state index contributed by atoms with van der Waals surface area (Å²) in [7, 11) is 1.88. The Labute approximate surface area is 152 Å². The molecule has 2 aromatic heterocycles. The van der Waals surface area contributed by atoms with Crippen molar-refractivity contribution in [3.8, 4) is 0 Å². The van der Waals surface area contributed by atoms with Gasteiger partial charge >= 0.3 is 0 Å². The van der Waals surface area contributed by atoms with Crippen molar-refractivity contribution >= 4 is 27.5 Å². The third kappa shape index (κ3) is 3.48. The normalized spacial score (nSPS) is 15.1. The number of hydrogen-bond acceptors (Lipinski definition) is 3. The number of H-pyrrole nitrogens is 1. The minimum absolute atomic E-state index is 0.0411. The van der Waals surface area contributed by atoms with E-state index < -0.39 is 0 Å². The van der Waals surface area contributed by atoms with Crippen LogP contribution in [0, 0.1) is 0 Å². The zero-order valence-corrected chi connectivity index (χ0v) is 15.3. The summed E-state index contributed by atoms with van der Waals surface area (Å²) in [5.74, 6) is 0.0411. The smallest absolute Gasteiger partial charge is 0.270 e. The zero-order valence-electron chi connectivity index (χ0n) is 14.5. The molecular formula is C20H23N3OS. The summed E-state index contributed by atoms with van der Waals surface area (Å²) in [6, 6.07) is 12.5. The first kappa shape index (κ1) is 16.4. The second-order valence-electron chi connectivity index (χ2n) is 6.79. The number of rotatable bonds is 5. The molecule has 0 atom stereocenters. The predicted octanol–water partition coefficient (Wildman–Crippen LogP) is 4.10. The fourth-order valence-corrected chi connectivity index (χ4v) is 4.33. The van der Waals surface area contributed by atoms with Crippen LogP contribution in [0.25, 0.3) is 10.2 Å². The van der Waals surface area contributed by atoms with Crippen LogP contribution in [0.15, 0.2) is 41.8 Å². The van der Waals surface area contributed by atoms with Crippen LogP contribution < -0.4 is 0 Å². The van der Waals surface area contributed by atoms with Gasteiger partial charge in [0.25, 0.3) is 5.91 Å². The fraction of sp³-hybridized carbons (Fsp3) is 0.350. The van der Waals surface area contributed by atoms with Crippen molar-refractivity contribution in [2.45, 2.75) is 25.9 Å². The third-order valence-electron chi connectivity index (χ3n) is 4.94. The summed E-state index contributed by atoms with van der Waals surface area (Å²) in [6.07, 6.45) is 2.59. The second kappa shape index (κ2) is 7.02. The molecule has 1 amide bonds. The van der Waals surface area contributed by atoms with E-state index in [1.807, 2.05) is 24.6 Å². The maximum absolute atomic E-state index is 12.8. The van der Waals surface area contributed by atoms with Crippen LogP contribution in [-0.2, 0) is 13.1 Å². The molecule has 1 aliphatic heterocycles. The lowest BCUT2D eigenvalue weighted by Crippen LogP contribution is -2.27. The Morgan fingerprint density at radius 3 is 2.72 bits per heavy atom. The van der Waals surface area contributed by atoms with Crippen LogP contribution in [-0.4, -0.2) is 40.8 Å². The number of hydrogen-bond donors (Lipinski definition) is 1. The topological polar surface area (TPSA) is 39.3 Å². The van der Waals surface area contributed by atoms with Gasteiger partial charge in [-0.25, -0.2) is 0 Å². The molecule has 0 saturated carbocycles. The number of carbonyl (C=O) groups excluding carboxylic acids is 1. The van der Waals surface area contributed by atoms with Crippen LogP contribution in [0.2, 0.25) is 0 Å². The van der Waals surface area contributed by atoms with Crippen molar-refractivity contribution in [3.05, 3.63) is 58.6 Å². The number of thiophene rings is 1. The molecule has 0 spiro atoms. The Bertz CT molecular complexity index is 847. The maximum atomic E-state index is 12.8. The number of aromatic amines is 1. The Kier molecular flexibility index (Phi) is 4.59. The zero-order chi connectivity index (χ0) is 17.2. The largest absolute Gasteiger partial charge is 0.350 e. The Morgan fingerprint density at radius 2 is 1.96 bits per heavy atom. The van der Waals surface area contributed by atoms with Gasteiger partial charge < -0.3 is 9.88 Å². The molecule has 5 heteroatoms. The highest BCUT2D eigenvalue weighted by Gasteiger charge is 2.18. The highest BCUT2D eigenvalue weighted by Crippen LogP contribution is 2.23. The lowest BCUT2D eigenvalue weighted by molar-refractivity contribution is 0.0779. The van der Waals surface area contributed by atoms with Crippen molar-refractivity contribution in [1.29, 1.82) is 0 Å². The Hall–Kier alpha value is -2.11. The average Bonchev–Trinajstić information content (AvgIpc) is 3.32. The van der Waals surface area contributed by atoms with Gasteiger partial charge in [-0.15, -0.1) is 11.3 Å². The van der Waals surface area contributed by atoms with E-state index in [1.165, 1.54) is 37.1 Å². The third-order valence-corrected chi connectivity index (χ3v) is 5.80. The van der Waals surface area contributed by atoms with Gasteiger partial charge in [0.2, 0.25) is 0 Å². The van der Waals surface area contributed by atoms with Crippen molar-refractivity contribution < 1.29 is 4.79 Å². The van der Waals surface area contributed by atoms with Gasteiger partial charge in [0, 0.05) is 20.1 Å². The number of fused-ring (bicyclic) bond motifs is 1. The first-order valence-electron chi connectivity index (χ1n) is 8.81. The Balaban J connectivity index is 1.49. The summed E-state index contributed by atoms with van der Waals surface area (Å²) >= 11 is 1.65. The van der Waals surface area contributed by atoms with E-state index in [9.17, 15) is 4.79 Å². The monoisotopic (exact) mass is 353 g/mol. The number of carbonyl (C=O) groups is 1. The quantitative estimate of drug-likeness (QED) is 0.750. The van der Waals surface area contributed by atoms with E-state index in [4.69, 9.17) is 0 Å². The number of benzene rings is 1. The molecule has 1 aliphatic rings. The maximum Gasteiger partial charge on any atom is 0.270 e. The number of nitrogens with one attached hydrogen (secondary N) is 1. The van der Waals surface area contributed by atoms with E-state index in [0.717, 1.165) is 16.8 Å². The highest BCUT2D eigenvalue weighted by molar-refractivity contribution is 7.17. The lowest BCUT2D eigenvalue weighted by atomic mass is 10.1.